The number of halogens is 1. The fraction of sp³-hybridized carbons (Fsp3) is 0.472. The van der Waals surface area contributed by atoms with Crippen LogP contribution in [0.25, 0.3) is 0 Å². The van der Waals surface area contributed by atoms with Gasteiger partial charge < -0.3 is 33.9 Å². The molecule has 1 fully saturated rings. The molecule has 1 saturated heterocycles. The molecule has 254 valence electrons. The monoisotopic (exact) mass is 683 g/mol. The summed E-state index contributed by atoms with van der Waals surface area (Å²) in [5.74, 6) is 2.48. The maximum atomic E-state index is 14.1. The number of fused-ring (bicyclic) bond motifs is 1. The second kappa shape index (κ2) is 15.4. The number of methoxy groups -OCH3 is 3. The number of ether oxygens (including phenoxy) is 4. The van der Waals surface area contributed by atoms with Crippen molar-refractivity contribution < 1.29 is 28.8 Å². The second-order valence-electron chi connectivity index (χ2n) is 12.4. The maximum absolute atomic E-state index is 14.1. The lowest BCUT2D eigenvalue weighted by molar-refractivity contribution is -0.122. The molecule has 2 unspecified atom stereocenters. The van der Waals surface area contributed by atoms with E-state index in [0.29, 0.717) is 34.6 Å². The predicted molar refractivity (Wildman–Crippen MR) is 188 cm³/mol. The van der Waals surface area contributed by atoms with Gasteiger partial charge in [0.15, 0.2) is 11.5 Å². The number of β-amino-alcohol motifs (C(OH)–C–C–N with tert-alkyl or cyclic N) is 1. The molecule has 2 heterocycles. The van der Waals surface area contributed by atoms with Crippen molar-refractivity contribution in [1.82, 2.24) is 9.80 Å². The van der Waals surface area contributed by atoms with Crippen LogP contribution < -0.4 is 23.8 Å². The van der Waals surface area contributed by atoms with Crippen LogP contribution in [-0.4, -0.2) is 101 Å². The van der Waals surface area contributed by atoms with E-state index in [0.717, 1.165) is 60.9 Å². The highest BCUT2D eigenvalue weighted by atomic mass is 35.5. The summed E-state index contributed by atoms with van der Waals surface area (Å²) in [6.07, 6.45) is 0.181. The van der Waals surface area contributed by atoms with E-state index < -0.39 is 10.9 Å². The predicted octanol–water partition coefficient (Wildman–Crippen LogP) is 5.59. The fourth-order valence-corrected chi connectivity index (χ4v) is 8.28. The van der Waals surface area contributed by atoms with Crippen molar-refractivity contribution in [2.45, 2.75) is 36.0 Å². The number of piperazine rings is 1. The van der Waals surface area contributed by atoms with E-state index in [1.165, 1.54) is 11.8 Å². The number of aliphatic hydroxyl groups excluding tert-OH is 1. The van der Waals surface area contributed by atoms with Crippen LogP contribution in [0, 0.1) is 5.92 Å². The first-order valence-corrected chi connectivity index (χ1v) is 17.2. The summed E-state index contributed by atoms with van der Waals surface area (Å²) in [5.41, 5.74) is 2.77. The lowest BCUT2D eigenvalue weighted by Crippen LogP contribution is -2.50. The molecule has 0 bridgehead atoms. The van der Waals surface area contributed by atoms with Crippen LogP contribution in [0.2, 0.25) is 5.02 Å². The van der Waals surface area contributed by atoms with Gasteiger partial charge in [-0.15, -0.1) is 11.8 Å². The van der Waals surface area contributed by atoms with E-state index in [2.05, 4.69) is 23.6 Å². The van der Waals surface area contributed by atoms with Crippen LogP contribution in [0.15, 0.2) is 59.5 Å². The number of aliphatic hydroxyl groups is 1. The van der Waals surface area contributed by atoms with Crippen LogP contribution in [0.4, 0.5) is 5.69 Å². The molecule has 0 aromatic heterocycles. The Hall–Kier alpha value is -3.15. The average molecular weight is 684 g/mol. The van der Waals surface area contributed by atoms with Gasteiger partial charge in [0.05, 0.1) is 27.0 Å². The Morgan fingerprint density at radius 2 is 1.57 bits per heavy atom. The number of benzene rings is 3. The summed E-state index contributed by atoms with van der Waals surface area (Å²) < 4.78 is 21.9. The second-order valence-corrected chi connectivity index (χ2v) is 14.1. The Bertz CT molecular complexity index is 1520. The summed E-state index contributed by atoms with van der Waals surface area (Å²) in [5, 5.41) is 11.7. The van der Waals surface area contributed by atoms with E-state index in [4.69, 9.17) is 30.5 Å². The fourth-order valence-electron chi connectivity index (χ4n) is 6.47. The summed E-state index contributed by atoms with van der Waals surface area (Å²) in [6.45, 7) is 9.22. The smallest absolute Gasteiger partial charge is 0.248 e. The number of thioether (sulfide) groups is 1. The molecule has 0 spiro atoms. The van der Waals surface area contributed by atoms with Gasteiger partial charge in [-0.2, -0.15) is 0 Å². The van der Waals surface area contributed by atoms with E-state index in [-0.39, 0.29) is 18.4 Å². The van der Waals surface area contributed by atoms with Crippen LogP contribution in [0.1, 0.15) is 25.0 Å². The zero-order chi connectivity index (χ0) is 33.7. The standard InChI is InChI=1S/C36H46ClN3O6S/c1-24(2)36(35(42)38(3)29-12-11-26(37)21-33(29)47-36)28-9-7-8-10-30(28)46-23-27(41)22-40-17-15-39(16-18-40)14-13-25-19-31(43-4)34(45-6)32(20-25)44-5/h7-12,19-21,24,27,41H,13-18,22-23H2,1-6H3. The number of nitrogens with zero attached hydrogens (tertiary/aromatic N) is 3. The topological polar surface area (TPSA) is 83.9 Å². The van der Waals surface area contributed by atoms with Gasteiger partial charge in [0.1, 0.15) is 23.2 Å². The Labute approximate surface area is 287 Å². The number of para-hydroxylation sites is 1. The molecular weight excluding hydrogens is 638 g/mol. The van der Waals surface area contributed by atoms with Crippen molar-refractivity contribution in [2.75, 3.05) is 79.2 Å². The number of likely N-dealkylation sites (N-methyl/N-ethyl adjacent to an activating group) is 1. The minimum Gasteiger partial charge on any atom is -0.493 e. The minimum absolute atomic E-state index is 0.00735. The van der Waals surface area contributed by atoms with Crippen molar-refractivity contribution in [3.05, 3.63) is 70.7 Å². The van der Waals surface area contributed by atoms with Crippen molar-refractivity contribution in [1.29, 1.82) is 0 Å². The summed E-state index contributed by atoms with van der Waals surface area (Å²) in [4.78, 5) is 21.5. The van der Waals surface area contributed by atoms with E-state index in [1.807, 2.05) is 61.6 Å². The molecule has 5 rings (SSSR count). The van der Waals surface area contributed by atoms with Crippen molar-refractivity contribution >= 4 is 35.0 Å². The van der Waals surface area contributed by atoms with Gasteiger partial charge in [0, 0.05) is 61.8 Å². The number of hydrogen-bond donors (Lipinski definition) is 1. The minimum atomic E-state index is -0.910. The zero-order valence-electron chi connectivity index (χ0n) is 28.1. The lowest BCUT2D eigenvalue weighted by Gasteiger charge is -2.44. The highest BCUT2D eigenvalue weighted by Crippen LogP contribution is 2.56. The van der Waals surface area contributed by atoms with Crippen LogP contribution >= 0.6 is 23.4 Å². The molecular formula is C36H46ClN3O6S. The van der Waals surface area contributed by atoms with Crippen LogP contribution in [0.5, 0.6) is 23.0 Å². The molecule has 0 saturated carbocycles. The molecule has 2 atom stereocenters. The van der Waals surface area contributed by atoms with Crippen LogP contribution in [-0.2, 0) is 16.0 Å². The largest absolute Gasteiger partial charge is 0.493 e. The molecule has 3 aromatic carbocycles. The molecule has 3 aromatic rings. The van der Waals surface area contributed by atoms with E-state index in [1.54, 1.807) is 26.2 Å². The molecule has 0 radical (unpaired) electrons. The molecule has 47 heavy (non-hydrogen) atoms. The van der Waals surface area contributed by atoms with Crippen molar-refractivity contribution in [2.24, 2.45) is 5.92 Å². The van der Waals surface area contributed by atoms with Crippen LogP contribution in [0.3, 0.4) is 0 Å². The first-order chi connectivity index (χ1) is 22.6. The van der Waals surface area contributed by atoms with Crippen molar-refractivity contribution in [3.63, 3.8) is 0 Å². The first-order valence-electron chi connectivity index (χ1n) is 16.0. The number of hydrogen-bond acceptors (Lipinski definition) is 9. The van der Waals surface area contributed by atoms with Gasteiger partial charge >= 0.3 is 0 Å². The number of carbonyl (C=O) groups is 1. The highest BCUT2D eigenvalue weighted by molar-refractivity contribution is 8.01. The molecule has 2 aliphatic rings. The quantitative estimate of drug-likeness (QED) is 0.248. The van der Waals surface area contributed by atoms with Crippen molar-refractivity contribution in [3.8, 4) is 23.0 Å². The Morgan fingerprint density at radius 3 is 2.21 bits per heavy atom. The molecule has 11 heteroatoms. The molecule has 9 nitrogen and oxygen atoms in total. The third kappa shape index (κ3) is 7.47. The Balaban J connectivity index is 1.17. The first kappa shape index (κ1) is 35.2. The third-order valence-corrected chi connectivity index (χ3v) is 11.1. The van der Waals surface area contributed by atoms with Gasteiger partial charge in [-0.25, -0.2) is 0 Å². The van der Waals surface area contributed by atoms with Gasteiger partial charge in [0.25, 0.3) is 0 Å². The SMILES string of the molecule is COc1cc(CCN2CCN(CC(O)COc3ccccc3C3(C(C)C)Sc4cc(Cl)ccc4N(C)C3=O)CC2)cc(OC)c1OC. The maximum Gasteiger partial charge on any atom is 0.248 e. The van der Waals surface area contributed by atoms with Gasteiger partial charge in [-0.1, -0.05) is 43.6 Å². The number of carbonyl (C=O) groups excluding carboxylic acids is 1. The number of anilines is 1. The summed E-state index contributed by atoms with van der Waals surface area (Å²) in [6, 6.07) is 17.3. The molecule has 1 N–H and O–H groups in total. The molecule has 2 aliphatic heterocycles. The number of rotatable bonds is 13. The summed E-state index contributed by atoms with van der Waals surface area (Å²) in [7, 11) is 6.68. The lowest BCUT2D eigenvalue weighted by atomic mass is 9.85. The average Bonchev–Trinajstić information content (AvgIpc) is 3.08. The number of amides is 1. The van der Waals surface area contributed by atoms with E-state index in [9.17, 15) is 9.90 Å². The Kier molecular flexibility index (Phi) is 11.5. The third-order valence-electron chi connectivity index (χ3n) is 9.08. The molecule has 0 aliphatic carbocycles. The van der Waals surface area contributed by atoms with Gasteiger partial charge in [0.2, 0.25) is 11.7 Å². The zero-order valence-corrected chi connectivity index (χ0v) is 29.7. The van der Waals surface area contributed by atoms with Gasteiger partial charge in [-0.3, -0.25) is 9.69 Å². The highest BCUT2D eigenvalue weighted by Gasteiger charge is 2.51. The Morgan fingerprint density at radius 1 is 0.915 bits per heavy atom. The molecule has 1 amide bonds. The van der Waals surface area contributed by atoms with Gasteiger partial charge in [-0.05, 0) is 54.3 Å². The van der Waals surface area contributed by atoms with E-state index >= 15 is 0 Å². The summed E-state index contributed by atoms with van der Waals surface area (Å²) >= 11 is 7.89. The normalized spacial score (nSPS) is 19.4.